The van der Waals surface area contributed by atoms with Crippen LogP contribution in [0.2, 0.25) is 0 Å². The van der Waals surface area contributed by atoms with E-state index in [4.69, 9.17) is 4.42 Å². The molecule has 0 bridgehead atoms. The summed E-state index contributed by atoms with van der Waals surface area (Å²) in [5.74, 6) is 0.212. The number of para-hydroxylation sites is 2. The van der Waals surface area contributed by atoms with Gasteiger partial charge in [0.1, 0.15) is 5.58 Å². The van der Waals surface area contributed by atoms with Gasteiger partial charge in [-0.05, 0) is 109 Å². The van der Waals surface area contributed by atoms with E-state index < -0.39 is 0 Å². The Bertz CT molecular complexity index is 3430. The summed E-state index contributed by atoms with van der Waals surface area (Å²) in [5, 5.41) is 7.20. The van der Waals surface area contributed by atoms with E-state index in [0.717, 1.165) is 62.1 Å². The molecule has 2 nitrogen and oxygen atoms in total. The zero-order chi connectivity index (χ0) is 39.6. The first-order valence-electron chi connectivity index (χ1n) is 20.8. The summed E-state index contributed by atoms with van der Waals surface area (Å²) in [6, 6.07) is 79.6. The number of nitrogens with zero attached hydrogens (tertiary/aromatic N) is 1. The predicted molar refractivity (Wildman–Crippen MR) is 252 cm³/mol. The predicted octanol–water partition coefficient (Wildman–Crippen LogP) is 16.1. The molecule has 2 heteroatoms. The van der Waals surface area contributed by atoms with Crippen LogP contribution in [0.4, 0.5) is 17.1 Å². The highest BCUT2D eigenvalue weighted by Crippen LogP contribution is 2.48. The number of anilines is 3. The maximum atomic E-state index is 7.10. The number of fused-ring (bicyclic) bond motifs is 9. The second-order valence-electron chi connectivity index (χ2n) is 16.0. The van der Waals surface area contributed by atoms with Crippen molar-refractivity contribution >= 4 is 60.5 Å². The zero-order valence-corrected chi connectivity index (χ0v) is 32.9. The molecule has 0 aliphatic heterocycles. The lowest BCUT2D eigenvalue weighted by Gasteiger charge is -2.30. The van der Waals surface area contributed by atoms with Gasteiger partial charge in [-0.2, -0.15) is 0 Å². The summed E-state index contributed by atoms with van der Waals surface area (Å²) in [5.41, 5.74) is 16.2. The van der Waals surface area contributed by atoms with E-state index in [1.807, 2.05) is 0 Å². The van der Waals surface area contributed by atoms with Crippen LogP contribution < -0.4 is 4.90 Å². The summed E-state index contributed by atoms with van der Waals surface area (Å²) in [4.78, 5) is 2.41. The molecule has 11 aromatic rings. The van der Waals surface area contributed by atoms with Crippen molar-refractivity contribution in [1.29, 1.82) is 0 Å². The van der Waals surface area contributed by atoms with Gasteiger partial charge in [-0.15, -0.1) is 0 Å². The van der Waals surface area contributed by atoms with Crippen LogP contribution in [0.5, 0.6) is 0 Å². The molecule has 12 rings (SSSR count). The van der Waals surface area contributed by atoms with Gasteiger partial charge in [0.15, 0.2) is 5.58 Å². The molecule has 0 spiro atoms. The first kappa shape index (κ1) is 34.4. The van der Waals surface area contributed by atoms with E-state index in [1.165, 1.54) is 54.9 Å². The third-order valence-corrected chi connectivity index (χ3v) is 12.6. The molecule has 1 aliphatic rings. The summed E-state index contributed by atoms with van der Waals surface area (Å²) >= 11 is 0. The summed E-state index contributed by atoms with van der Waals surface area (Å²) in [7, 11) is 0. The standard InChI is InChI=1S/C58H39NO/c1-2-16-38(17-3-1)47-30-14-31-52-53-32-15-33-56(58(53)60-57(47)52)59(43-22-12-20-39(34-43)54-36-41-18-4-6-24-45(41)48-26-8-10-28-50(48)54)44-23-13-21-40(35-44)55-37-42-19-5-7-25-46(42)49-27-9-11-29-51(49)55/h1-36,55H,37H2. The topological polar surface area (TPSA) is 16.4 Å². The molecule has 60 heavy (non-hydrogen) atoms. The van der Waals surface area contributed by atoms with Crippen LogP contribution in [0.3, 0.4) is 0 Å². The van der Waals surface area contributed by atoms with E-state index in [0.29, 0.717) is 0 Å². The van der Waals surface area contributed by atoms with Gasteiger partial charge in [0.2, 0.25) is 0 Å². The fourth-order valence-corrected chi connectivity index (χ4v) is 9.87. The van der Waals surface area contributed by atoms with E-state index in [2.05, 4.69) is 223 Å². The Balaban J connectivity index is 1.08. The highest BCUT2D eigenvalue weighted by atomic mass is 16.3. The van der Waals surface area contributed by atoms with Crippen LogP contribution in [0.25, 0.3) is 76.9 Å². The summed E-state index contributed by atoms with van der Waals surface area (Å²) in [6.45, 7) is 0. The van der Waals surface area contributed by atoms with Crippen LogP contribution in [0, 0.1) is 0 Å². The van der Waals surface area contributed by atoms with Gasteiger partial charge in [-0.25, -0.2) is 0 Å². The van der Waals surface area contributed by atoms with Crippen molar-refractivity contribution in [2.75, 3.05) is 4.90 Å². The van der Waals surface area contributed by atoms with Gasteiger partial charge in [-0.1, -0.05) is 182 Å². The van der Waals surface area contributed by atoms with Gasteiger partial charge >= 0.3 is 0 Å². The van der Waals surface area contributed by atoms with Crippen LogP contribution in [0.1, 0.15) is 22.6 Å². The smallest absolute Gasteiger partial charge is 0.159 e. The minimum atomic E-state index is 0.212. The van der Waals surface area contributed by atoms with Gasteiger partial charge in [-0.3, -0.25) is 0 Å². The Morgan fingerprint density at radius 2 is 1.00 bits per heavy atom. The molecule has 0 fully saturated rings. The Labute approximate surface area is 349 Å². The molecule has 0 radical (unpaired) electrons. The minimum absolute atomic E-state index is 0.212. The summed E-state index contributed by atoms with van der Waals surface area (Å²) in [6.07, 6.45) is 0.947. The highest BCUT2D eigenvalue weighted by Gasteiger charge is 2.27. The molecule has 1 heterocycles. The molecular weight excluding hydrogens is 727 g/mol. The first-order valence-corrected chi connectivity index (χ1v) is 20.8. The van der Waals surface area contributed by atoms with Gasteiger partial charge in [0.25, 0.3) is 0 Å². The van der Waals surface area contributed by atoms with Crippen molar-refractivity contribution in [1.82, 2.24) is 0 Å². The van der Waals surface area contributed by atoms with Crippen LogP contribution in [-0.2, 0) is 6.42 Å². The maximum absolute atomic E-state index is 7.10. The lowest BCUT2D eigenvalue weighted by atomic mass is 9.75. The van der Waals surface area contributed by atoms with E-state index in [9.17, 15) is 0 Å². The highest BCUT2D eigenvalue weighted by molar-refractivity contribution is 6.15. The van der Waals surface area contributed by atoms with Gasteiger partial charge < -0.3 is 9.32 Å². The molecule has 10 aromatic carbocycles. The third kappa shape index (κ3) is 5.56. The number of benzene rings is 10. The maximum Gasteiger partial charge on any atom is 0.159 e. The Hall–Kier alpha value is -7.68. The molecule has 1 aromatic heterocycles. The van der Waals surface area contributed by atoms with Crippen molar-refractivity contribution in [2.45, 2.75) is 12.3 Å². The molecule has 1 atom stereocenters. The average Bonchev–Trinajstić information content (AvgIpc) is 3.71. The molecule has 1 unspecified atom stereocenters. The molecule has 282 valence electrons. The number of hydrogen-bond acceptors (Lipinski definition) is 2. The van der Waals surface area contributed by atoms with Crippen LogP contribution >= 0.6 is 0 Å². The second-order valence-corrected chi connectivity index (χ2v) is 16.0. The molecular formula is C58H39NO. The van der Waals surface area contributed by atoms with Crippen molar-refractivity contribution in [3.8, 4) is 33.4 Å². The first-order chi connectivity index (χ1) is 29.8. The molecule has 0 N–H and O–H groups in total. The second kappa shape index (κ2) is 14.0. The van der Waals surface area contributed by atoms with E-state index in [-0.39, 0.29) is 5.92 Å². The van der Waals surface area contributed by atoms with Crippen LogP contribution in [0.15, 0.2) is 223 Å². The third-order valence-electron chi connectivity index (χ3n) is 12.6. The fourth-order valence-electron chi connectivity index (χ4n) is 9.87. The van der Waals surface area contributed by atoms with Crippen LogP contribution in [-0.4, -0.2) is 0 Å². The lowest BCUT2D eigenvalue weighted by Crippen LogP contribution is -2.14. The summed E-state index contributed by atoms with van der Waals surface area (Å²) < 4.78 is 7.10. The molecule has 0 amide bonds. The number of hydrogen-bond donors (Lipinski definition) is 0. The van der Waals surface area contributed by atoms with Crippen molar-refractivity contribution in [3.05, 3.63) is 235 Å². The van der Waals surface area contributed by atoms with Gasteiger partial charge in [0, 0.05) is 33.6 Å². The van der Waals surface area contributed by atoms with Crippen molar-refractivity contribution in [2.24, 2.45) is 0 Å². The molecule has 0 saturated heterocycles. The van der Waals surface area contributed by atoms with Gasteiger partial charge in [0.05, 0.1) is 5.69 Å². The number of furan rings is 1. The van der Waals surface area contributed by atoms with Crippen molar-refractivity contribution in [3.63, 3.8) is 0 Å². The lowest BCUT2D eigenvalue weighted by molar-refractivity contribution is 0.670. The fraction of sp³-hybridized carbons (Fsp3) is 0.0345. The Kier molecular flexibility index (Phi) is 8.02. The largest absolute Gasteiger partial charge is 0.453 e. The quantitative estimate of drug-likeness (QED) is 0.157. The van der Waals surface area contributed by atoms with Crippen molar-refractivity contribution < 1.29 is 4.42 Å². The van der Waals surface area contributed by atoms with E-state index in [1.54, 1.807) is 0 Å². The monoisotopic (exact) mass is 765 g/mol. The minimum Gasteiger partial charge on any atom is -0.453 e. The SMILES string of the molecule is c1ccc(-c2cccc3c2oc2c(N(c4cccc(-c5cc6ccccc6c6ccccc56)c4)c4cccc(C5Cc6ccccc6-c6ccccc65)c4)cccc23)cc1. The molecule has 1 aliphatic carbocycles. The normalized spacial score (nSPS) is 13.4. The van der Waals surface area contributed by atoms with E-state index >= 15 is 0 Å². The molecule has 0 saturated carbocycles. The Morgan fingerprint density at radius 3 is 1.88 bits per heavy atom. The average molecular weight is 766 g/mol. The zero-order valence-electron chi connectivity index (χ0n) is 32.9. The number of rotatable bonds is 6. The Morgan fingerprint density at radius 1 is 0.383 bits per heavy atom.